The zero-order valence-electron chi connectivity index (χ0n) is 13.4. The average molecular weight is 320 g/mol. The lowest BCUT2D eigenvalue weighted by Gasteiger charge is -1.99. The molecule has 4 aromatic heterocycles. The second kappa shape index (κ2) is 5.49. The van der Waals surface area contributed by atoms with Gasteiger partial charge in [-0.05, 0) is 37.6 Å². The number of hydrogen-bond acceptors (Lipinski definition) is 4. The molecule has 4 aromatic rings. The Bertz CT molecular complexity index is 1060. The molecule has 6 heteroatoms. The van der Waals surface area contributed by atoms with E-state index in [4.69, 9.17) is 4.74 Å². The summed E-state index contributed by atoms with van der Waals surface area (Å²) in [6.07, 6.45) is 5.48. The molecule has 0 fully saturated rings. The highest BCUT2D eigenvalue weighted by molar-refractivity contribution is 5.88. The molecule has 0 aromatic carbocycles. The molecule has 0 atom stereocenters. The van der Waals surface area contributed by atoms with Crippen molar-refractivity contribution in [1.29, 1.82) is 0 Å². The van der Waals surface area contributed by atoms with Gasteiger partial charge in [-0.15, -0.1) is 0 Å². The van der Waals surface area contributed by atoms with E-state index in [9.17, 15) is 4.79 Å². The van der Waals surface area contributed by atoms with Crippen molar-refractivity contribution in [2.75, 3.05) is 0 Å². The van der Waals surface area contributed by atoms with Crippen molar-refractivity contribution in [3.63, 3.8) is 0 Å². The van der Waals surface area contributed by atoms with Gasteiger partial charge in [0.25, 0.3) is 0 Å². The topological polar surface area (TPSA) is 60.9 Å². The maximum absolute atomic E-state index is 12.2. The molecule has 4 rings (SSSR count). The average Bonchev–Trinajstić information content (AvgIpc) is 3.18. The number of aryl methyl sites for hydroxylation is 2. The number of rotatable bonds is 3. The minimum Gasteiger partial charge on any atom is -0.454 e. The van der Waals surface area contributed by atoms with Gasteiger partial charge in [-0.25, -0.2) is 14.8 Å². The molecule has 6 nitrogen and oxygen atoms in total. The van der Waals surface area contributed by atoms with Gasteiger partial charge in [0.1, 0.15) is 17.9 Å². The normalized spacial score (nSPS) is 11.2. The van der Waals surface area contributed by atoms with Gasteiger partial charge in [0.05, 0.1) is 5.69 Å². The van der Waals surface area contributed by atoms with E-state index in [-0.39, 0.29) is 6.61 Å². The van der Waals surface area contributed by atoms with Crippen molar-refractivity contribution < 1.29 is 9.53 Å². The van der Waals surface area contributed by atoms with Crippen molar-refractivity contribution in [3.05, 3.63) is 71.6 Å². The summed E-state index contributed by atoms with van der Waals surface area (Å²) in [5.74, 6) is -0.452. The lowest BCUT2D eigenvalue weighted by atomic mass is 10.3. The molecule has 4 heterocycles. The summed E-state index contributed by atoms with van der Waals surface area (Å²) in [6.45, 7) is 4.08. The molecule has 0 bridgehead atoms. The number of esters is 1. The molecular weight excluding hydrogens is 304 g/mol. The Morgan fingerprint density at radius 2 is 2.00 bits per heavy atom. The van der Waals surface area contributed by atoms with Gasteiger partial charge in [0.15, 0.2) is 5.69 Å². The molecule has 24 heavy (non-hydrogen) atoms. The number of pyridine rings is 2. The number of aromatic nitrogens is 4. The first-order valence-corrected chi connectivity index (χ1v) is 7.67. The van der Waals surface area contributed by atoms with Crippen LogP contribution in [0.5, 0.6) is 0 Å². The fourth-order valence-corrected chi connectivity index (χ4v) is 2.73. The lowest BCUT2D eigenvalue weighted by molar-refractivity contribution is 0.0462. The Morgan fingerprint density at radius 1 is 1.12 bits per heavy atom. The first kappa shape index (κ1) is 14.4. The largest absolute Gasteiger partial charge is 0.454 e. The van der Waals surface area contributed by atoms with Crippen LogP contribution >= 0.6 is 0 Å². The van der Waals surface area contributed by atoms with Crippen LogP contribution in [0.4, 0.5) is 0 Å². The Balaban J connectivity index is 1.54. The summed E-state index contributed by atoms with van der Waals surface area (Å²) in [7, 11) is 0. The van der Waals surface area contributed by atoms with Crippen LogP contribution in [0.25, 0.3) is 11.3 Å². The third-order valence-electron chi connectivity index (χ3n) is 3.98. The Kier molecular flexibility index (Phi) is 3.30. The number of carbonyl (C=O) groups excluding carboxylic acids is 1. The zero-order chi connectivity index (χ0) is 16.7. The molecule has 0 unspecified atom stereocenters. The van der Waals surface area contributed by atoms with Crippen molar-refractivity contribution in [2.24, 2.45) is 0 Å². The van der Waals surface area contributed by atoms with Gasteiger partial charge in [-0.2, -0.15) is 0 Å². The Labute approximate surface area is 138 Å². The van der Waals surface area contributed by atoms with E-state index >= 15 is 0 Å². The quantitative estimate of drug-likeness (QED) is 0.545. The summed E-state index contributed by atoms with van der Waals surface area (Å²) in [6, 6.07) is 9.68. The zero-order valence-corrected chi connectivity index (χ0v) is 13.4. The van der Waals surface area contributed by atoms with Gasteiger partial charge in [0.2, 0.25) is 0 Å². The van der Waals surface area contributed by atoms with Crippen LogP contribution in [0.3, 0.4) is 0 Å². The van der Waals surface area contributed by atoms with Crippen molar-refractivity contribution >= 4 is 17.3 Å². The second-order valence-corrected chi connectivity index (χ2v) is 5.75. The van der Waals surface area contributed by atoms with E-state index in [2.05, 4.69) is 9.97 Å². The molecule has 0 aliphatic rings. The molecule has 0 aliphatic heterocycles. The van der Waals surface area contributed by atoms with Crippen LogP contribution in [-0.2, 0) is 11.3 Å². The standard InChI is InChI=1S/C18H16N4O2/c1-12-5-4-8-21-9-14(19-17(12)21)11-24-18(23)15-10-22-13(2)6-3-7-16(22)20-15/h3-10H,11H2,1-2H3. The van der Waals surface area contributed by atoms with Crippen LogP contribution < -0.4 is 0 Å². The van der Waals surface area contributed by atoms with Crippen LogP contribution in [-0.4, -0.2) is 24.7 Å². The Morgan fingerprint density at radius 3 is 2.79 bits per heavy atom. The Hall–Kier alpha value is -3.15. The molecule has 0 amide bonds. The molecular formula is C18H16N4O2. The maximum Gasteiger partial charge on any atom is 0.358 e. The van der Waals surface area contributed by atoms with Gasteiger partial charge in [0, 0.05) is 24.3 Å². The predicted molar refractivity (Wildman–Crippen MR) is 89.0 cm³/mol. The van der Waals surface area contributed by atoms with Gasteiger partial charge in [-0.1, -0.05) is 12.1 Å². The van der Waals surface area contributed by atoms with Crippen molar-refractivity contribution in [2.45, 2.75) is 20.5 Å². The van der Waals surface area contributed by atoms with Gasteiger partial charge in [-0.3, -0.25) is 0 Å². The monoisotopic (exact) mass is 320 g/mol. The first-order chi connectivity index (χ1) is 11.6. The predicted octanol–water partition coefficient (Wildman–Crippen LogP) is 2.96. The van der Waals surface area contributed by atoms with Crippen LogP contribution in [0.1, 0.15) is 27.4 Å². The number of nitrogens with zero attached hydrogens (tertiary/aromatic N) is 4. The third-order valence-corrected chi connectivity index (χ3v) is 3.98. The van der Waals surface area contributed by atoms with Crippen LogP contribution in [0.15, 0.2) is 48.9 Å². The molecule has 0 N–H and O–H groups in total. The van der Waals surface area contributed by atoms with Gasteiger partial charge >= 0.3 is 5.97 Å². The highest BCUT2D eigenvalue weighted by atomic mass is 16.5. The third kappa shape index (κ3) is 2.42. The minimum absolute atomic E-state index is 0.118. The van der Waals surface area contributed by atoms with Crippen molar-refractivity contribution in [3.8, 4) is 0 Å². The molecule has 0 spiro atoms. The van der Waals surface area contributed by atoms with E-state index in [0.717, 1.165) is 22.6 Å². The molecule has 0 saturated carbocycles. The second-order valence-electron chi connectivity index (χ2n) is 5.75. The molecule has 120 valence electrons. The van der Waals surface area contributed by atoms with Crippen molar-refractivity contribution in [1.82, 2.24) is 18.8 Å². The van der Waals surface area contributed by atoms with E-state index in [1.54, 1.807) is 6.20 Å². The maximum atomic E-state index is 12.2. The smallest absolute Gasteiger partial charge is 0.358 e. The highest BCUT2D eigenvalue weighted by Crippen LogP contribution is 2.13. The lowest BCUT2D eigenvalue weighted by Crippen LogP contribution is -2.05. The summed E-state index contributed by atoms with van der Waals surface area (Å²) in [5.41, 5.74) is 4.68. The van der Waals surface area contributed by atoms with Gasteiger partial charge < -0.3 is 13.5 Å². The SMILES string of the molecule is Cc1cccn2cc(COC(=O)c3cn4c(C)cccc4n3)nc12. The first-order valence-electron chi connectivity index (χ1n) is 7.67. The van der Waals surface area contributed by atoms with E-state index in [1.807, 2.05) is 65.4 Å². The molecule has 0 radical (unpaired) electrons. The molecule has 0 saturated heterocycles. The number of carbonyl (C=O) groups is 1. The van der Waals surface area contributed by atoms with E-state index in [1.165, 1.54) is 0 Å². The highest BCUT2D eigenvalue weighted by Gasteiger charge is 2.14. The number of ether oxygens (including phenoxy) is 1. The van der Waals surface area contributed by atoms with E-state index < -0.39 is 5.97 Å². The van der Waals surface area contributed by atoms with Crippen LogP contribution in [0.2, 0.25) is 0 Å². The molecule has 0 aliphatic carbocycles. The van der Waals surface area contributed by atoms with Crippen LogP contribution in [0, 0.1) is 13.8 Å². The fourth-order valence-electron chi connectivity index (χ4n) is 2.73. The summed E-state index contributed by atoms with van der Waals surface area (Å²) in [4.78, 5) is 21.0. The minimum atomic E-state index is -0.452. The summed E-state index contributed by atoms with van der Waals surface area (Å²) >= 11 is 0. The summed E-state index contributed by atoms with van der Waals surface area (Å²) in [5, 5.41) is 0. The number of hydrogen-bond donors (Lipinski definition) is 0. The fraction of sp³-hybridized carbons (Fsp3) is 0.167. The number of imidazole rings is 2. The summed E-state index contributed by atoms with van der Waals surface area (Å²) < 4.78 is 9.15. The van der Waals surface area contributed by atoms with E-state index in [0.29, 0.717) is 11.4 Å². The number of fused-ring (bicyclic) bond motifs is 2.